The van der Waals surface area contributed by atoms with Gasteiger partial charge in [-0.1, -0.05) is 11.8 Å². The summed E-state index contributed by atoms with van der Waals surface area (Å²) in [6.45, 7) is 1.84. The topological polar surface area (TPSA) is 73.7 Å². The summed E-state index contributed by atoms with van der Waals surface area (Å²) in [6, 6.07) is 0. The summed E-state index contributed by atoms with van der Waals surface area (Å²) in [5.74, 6) is 3.63. The number of hydrogen-bond acceptors (Lipinski definition) is 4. The number of nitrogens with two attached hydrogens (primary N) is 1. The van der Waals surface area contributed by atoms with E-state index in [0.29, 0.717) is 5.04 Å². The van der Waals surface area contributed by atoms with Crippen LogP contribution in [0.2, 0.25) is 0 Å². The molecule has 1 rings (SSSR count). The number of amidine groups is 1. The highest BCUT2D eigenvalue weighted by molar-refractivity contribution is 8.14. The Morgan fingerprint density at radius 3 is 2.14 bits per heavy atom. The predicted octanol–water partition coefficient (Wildman–Crippen LogP) is 2.37. The van der Waals surface area contributed by atoms with Gasteiger partial charge < -0.3 is 5.73 Å². The number of hydrogen-bond donors (Lipinski definition) is 3. The highest BCUT2D eigenvalue weighted by Crippen LogP contribution is 2.37. The van der Waals surface area contributed by atoms with Crippen molar-refractivity contribution in [2.24, 2.45) is 17.6 Å². The molecule has 0 aromatic carbocycles. The smallest absolute Gasteiger partial charge is 0.151 e. The second-order valence-electron chi connectivity index (χ2n) is 3.75. The molecule has 3 nitrogen and oxygen atoms in total. The van der Waals surface area contributed by atoms with Crippen LogP contribution in [0.3, 0.4) is 0 Å². The van der Waals surface area contributed by atoms with Crippen molar-refractivity contribution in [3.8, 4) is 0 Å². The van der Waals surface area contributed by atoms with Crippen molar-refractivity contribution in [2.75, 3.05) is 11.5 Å². The first kappa shape index (κ1) is 11.9. The Hall–Kier alpha value is -0.160. The molecule has 0 amide bonds. The van der Waals surface area contributed by atoms with E-state index in [1.54, 1.807) is 11.8 Å². The van der Waals surface area contributed by atoms with E-state index in [-0.39, 0.29) is 5.17 Å². The Morgan fingerprint density at radius 1 is 1.21 bits per heavy atom. The maximum absolute atomic E-state index is 7.29. The lowest BCUT2D eigenvalue weighted by Gasteiger charge is -2.34. The van der Waals surface area contributed by atoms with Crippen molar-refractivity contribution >= 4 is 33.7 Å². The van der Waals surface area contributed by atoms with E-state index in [0.717, 1.165) is 23.3 Å². The Kier molecular flexibility index (Phi) is 4.81. The minimum Gasteiger partial charge on any atom is -0.379 e. The van der Waals surface area contributed by atoms with Crippen LogP contribution in [0.1, 0.15) is 19.8 Å². The summed E-state index contributed by atoms with van der Waals surface area (Å²) in [5, 5.41) is 15.3. The summed E-state index contributed by atoms with van der Waals surface area (Å²) >= 11 is 3.10. The molecule has 1 aliphatic carbocycles. The first-order valence-electron chi connectivity index (χ1n) is 4.72. The Labute approximate surface area is 93.6 Å². The van der Waals surface area contributed by atoms with Crippen molar-refractivity contribution in [2.45, 2.75) is 19.8 Å². The summed E-state index contributed by atoms with van der Waals surface area (Å²) < 4.78 is 0. The maximum Gasteiger partial charge on any atom is 0.151 e. The number of nitrogens with one attached hydrogen (secondary N) is 2. The van der Waals surface area contributed by atoms with Crippen molar-refractivity contribution in [3.05, 3.63) is 0 Å². The van der Waals surface area contributed by atoms with E-state index in [1.165, 1.54) is 24.6 Å². The molecule has 0 heterocycles. The van der Waals surface area contributed by atoms with Gasteiger partial charge in [0, 0.05) is 11.5 Å². The molecule has 0 saturated heterocycles. The molecule has 5 heteroatoms. The van der Waals surface area contributed by atoms with Crippen LogP contribution in [0, 0.1) is 22.7 Å². The van der Waals surface area contributed by atoms with Gasteiger partial charge in [-0.05, 0) is 31.6 Å². The number of thioether (sulfide) groups is 2. The van der Waals surface area contributed by atoms with Gasteiger partial charge in [0.1, 0.15) is 0 Å². The van der Waals surface area contributed by atoms with Crippen LogP contribution in [0.15, 0.2) is 0 Å². The van der Waals surface area contributed by atoms with E-state index in [4.69, 9.17) is 16.6 Å². The first-order valence-corrected chi connectivity index (χ1v) is 6.69. The quantitative estimate of drug-likeness (QED) is 0.513. The molecule has 0 bridgehead atoms. The summed E-state index contributed by atoms with van der Waals surface area (Å²) in [5.41, 5.74) is 5.27. The Balaban J connectivity index is 2.00. The zero-order chi connectivity index (χ0) is 10.6. The van der Waals surface area contributed by atoms with Crippen LogP contribution >= 0.6 is 23.5 Å². The van der Waals surface area contributed by atoms with Crippen molar-refractivity contribution in [1.82, 2.24) is 0 Å². The monoisotopic (exact) mass is 231 g/mol. The van der Waals surface area contributed by atoms with E-state index < -0.39 is 0 Å². The van der Waals surface area contributed by atoms with Crippen LogP contribution in [-0.2, 0) is 0 Å². The average molecular weight is 231 g/mol. The molecule has 80 valence electrons. The maximum atomic E-state index is 7.29. The number of rotatable bonds is 4. The molecule has 0 aromatic rings. The third-order valence-corrected chi connectivity index (χ3v) is 4.36. The van der Waals surface area contributed by atoms with Crippen molar-refractivity contribution in [3.63, 3.8) is 0 Å². The molecule has 14 heavy (non-hydrogen) atoms. The van der Waals surface area contributed by atoms with Gasteiger partial charge in [-0.3, -0.25) is 10.8 Å². The van der Waals surface area contributed by atoms with Gasteiger partial charge in [0.05, 0.1) is 5.04 Å². The lowest BCUT2D eigenvalue weighted by atomic mass is 9.77. The van der Waals surface area contributed by atoms with E-state index in [2.05, 4.69) is 0 Å². The largest absolute Gasteiger partial charge is 0.379 e. The fourth-order valence-electron chi connectivity index (χ4n) is 1.60. The van der Waals surface area contributed by atoms with Crippen LogP contribution < -0.4 is 5.73 Å². The van der Waals surface area contributed by atoms with Gasteiger partial charge in [0.2, 0.25) is 0 Å². The van der Waals surface area contributed by atoms with Gasteiger partial charge in [-0.25, -0.2) is 0 Å². The molecule has 1 aliphatic rings. The first-order chi connectivity index (χ1) is 6.58. The Bertz CT molecular complexity index is 202. The van der Waals surface area contributed by atoms with Gasteiger partial charge >= 0.3 is 0 Å². The zero-order valence-electron chi connectivity index (χ0n) is 8.38. The molecule has 0 radical (unpaired) electrons. The van der Waals surface area contributed by atoms with Crippen molar-refractivity contribution < 1.29 is 0 Å². The van der Waals surface area contributed by atoms with Crippen LogP contribution in [0.25, 0.3) is 0 Å². The van der Waals surface area contributed by atoms with Gasteiger partial charge in [-0.2, -0.15) is 0 Å². The Morgan fingerprint density at radius 2 is 1.71 bits per heavy atom. The minimum absolute atomic E-state index is 0.234. The lowest BCUT2D eigenvalue weighted by Crippen LogP contribution is -2.28. The summed E-state index contributed by atoms with van der Waals surface area (Å²) in [4.78, 5) is 0. The molecule has 4 N–H and O–H groups in total. The standard InChI is InChI=1S/C9H17N3S2/c1-6(10)13-4-7-2-8(3-7)5-14-9(11)12/h7-8,10H,2-5H2,1H3,(H3,11,12). The fraction of sp³-hybridized carbons (Fsp3) is 0.778. The predicted molar refractivity (Wildman–Crippen MR) is 66.4 cm³/mol. The van der Waals surface area contributed by atoms with E-state index >= 15 is 0 Å². The highest BCUT2D eigenvalue weighted by Gasteiger charge is 2.28. The molecule has 0 unspecified atom stereocenters. The van der Waals surface area contributed by atoms with E-state index in [9.17, 15) is 0 Å². The second-order valence-corrected chi connectivity index (χ2v) is 6.04. The fourth-order valence-corrected chi connectivity index (χ4v) is 3.04. The zero-order valence-corrected chi connectivity index (χ0v) is 10.0. The summed E-state index contributed by atoms with van der Waals surface area (Å²) in [7, 11) is 0. The van der Waals surface area contributed by atoms with Gasteiger partial charge in [0.25, 0.3) is 0 Å². The molecule has 0 spiro atoms. The normalized spacial score (nSPS) is 25.5. The van der Waals surface area contributed by atoms with Crippen LogP contribution in [-0.4, -0.2) is 21.7 Å². The average Bonchev–Trinajstić information content (AvgIpc) is 1.99. The van der Waals surface area contributed by atoms with Crippen LogP contribution in [0.5, 0.6) is 0 Å². The third kappa shape index (κ3) is 4.37. The molecule has 1 fully saturated rings. The summed E-state index contributed by atoms with van der Waals surface area (Å²) in [6.07, 6.45) is 2.50. The minimum atomic E-state index is 0.234. The SMILES string of the molecule is CC(=N)SCC1CC(CSC(=N)N)C1. The molecule has 0 aliphatic heterocycles. The molecular formula is C9H17N3S2. The molecule has 0 aromatic heterocycles. The molecule has 1 saturated carbocycles. The highest BCUT2D eigenvalue weighted by atomic mass is 32.2. The van der Waals surface area contributed by atoms with Crippen LogP contribution in [0.4, 0.5) is 0 Å². The lowest BCUT2D eigenvalue weighted by molar-refractivity contribution is 0.243. The second kappa shape index (κ2) is 5.66. The van der Waals surface area contributed by atoms with Gasteiger partial charge in [-0.15, -0.1) is 11.8 Å². The third-order valence-electron chi connectivity index (χ3n) is 2.34. The molecular weight excluding hydrogens is 214 g/mol. The van der Waals surface area contributed by atoms with Crippen molar-refractivity contribution in [1.29, 1.82) is 10.8 Å². The molecule has 0 atom stereocenters. The van der Waals surface area contributed by atoms with E-state index in [1.807, 2.05) is 6.92 Å². The van der Waals surface area contributed by atoms with Gasteiger partial charge in [0.15, 0.2) is 5.17 Å².